The van der Waals surface area contributed by atoms with Gasteiger partial charge in [-0.25, -0.2) is 0 Å². The third kappa shape index (κ3) is 1.67. The van der Waals surface area contributed by atoms with Crippen molar-refractivity contribution in [3.8, 4) is 0 Å². The second-order valence-electron chi connectivity index (χ2n) is 5.34. The number of carbonyl (C=O) groups excluding carboxylic acids is 1. The standard InChI is InChI=1S/C12H20N2O/c1-2-13-7-10-6-11(8-13)14(10)12(15)5-9-3-4-9/h9-11H,2-8H2,1H3. The summed E-state index contributed by atoms with van der Waals surface area (Å²) in [5.74, 6) is 1.18. The number of hydrogen-bond acceptors (Lipinski definition) is 2. The first kappa shape index (κ1) is 9.64. The normalized spacial score (nSPS) is 35.1. The summed E-state index contributed by atoms with van der Waals surface area (Å²) in [6, 6.07) is 1.10. The predicted octanol–water partition coefficient (Wildman–Crippen LogP) is 1.09. The molecule has 3 heteroatoms. The third-order valence-corrected chi connectivity index (χ3v) is 4.16. The molecule has 1 saturated carbocycles. The van der Waals surface area contributed by atoms with E-state index in [0.29, 0.717) is 18.0 Å². The van der Waals surface area contributed by atoms with E-state index in [-0.39, 0.29) is 0 Å². The largest absolute Gasteiger partial charge is 0.334 e. The van der Waals surface area contributed by atoms with Gasteiger partial charge in [0.15, 0.2) is 0 Å². The lowest BCUT2D eigenvalue weighted by atomic mass is 9.87. The van der Waals surface area contributed by atoms with Crippen molar-refractivity contribution >= 4 is 5.91 Å². The molecule has 1 amide bonds. The topological polar surface area (TPSA) is 23.6 Å². The fourth-order valence-electron chi connectivity index (χ4n) is 3.04. The molecule has 0 aromatic heterocycles. The van der Waals surface area contributed by atoms with E-state index < -0.39 is 0 Å². The molecule has 2 unspecified atom stereocenters. The lowest BCUT2D eigenvalue weighted by molar-refractivity contribution is -0.154. The number of likely N-dealkylation sites (N-methyl/N-ethyl adjacent to an activating group) is 1. The van der Waals surface area contributed by atoms with Gasteiger partial charge in [-0.1, -0.05) is 6.92 Å². The second kappa shape index (κ2) is 3.48. The van der Waals surface area contributed by atoms with Gasteiger partial charge in [0.05, 0.1) is 0 Å². The summed E-state index contributed by atoms with van der Waals surface area (Å²) >= 11 is 0. The van der Waals surface area contributed by atoms with E-state index in [9.17, 15) is 4.79 Å². The summed E-state index contributed by atoms with van der Waals surface area (Å²) in [6.07, 6.45) is 4.66. The van der Waals surface area contributed by atoms with Crippen molar-refractivity contribution < 1.29 is 4.79 Å². The molecule has 3 saturated heterocycles. The molecular formula is C12H20N2O. The van der Waals surface area contributed by atoms with Crippen molar-refractivity contribution in [2.45, 2.75) is 44.7 Å². The molecular weight excluding hydrogens is 188 g/mol. The fourth-order valence-corrected chi connectivity index (χ4v) is 3.04. The van der Waals surface area contributed by atoms with Crippen LogP contribution in [0.25, 0.3) is 0 Å². The Morgan fingerprint density at radius 1 is 1.27 bits per heavy atom. The van der Waals surface area contributed by atoms with Gasteiger partial charge in [-0.05, 0) is 31.7 Å². The van der Waals surface area contributed by atoms with Crippen LogP contribution in [0.3, 0.4) is 0 Å². The van der Waals surface area contributed by atoms with Crippen molar-refractivity contribution in [3.05, 3.63) is 0 Å². The Balaban J connectivity index is 1.57. The van der Waals surface area contributed by atoms with Crippen molar-refractivity contribution in [2.75, 3.05) is 19.6 Å². The van der Waals surface area contributed by atoms with E-state index in [1.165, 1.54) is 19.3 Å². The van der Waals surface area contributed by atoms with Gasteiger partial charge in [0.25, 0.3) is 0 Å². The van der Waals surface area contributed by atoms with Crippen LogP contribution in [0.2, 0.25) is 0 Å². The van der Waals surface area contributed by atoms with Crippen molar-refractivity contribution in [3.63, 3.8) is 0 Å². The monoisotopic (exact) mass is 208 g/mol. The number of rotatable bonds is 3. The van der Waals surface area contributed by atoms with E-state index in [2.05, 4.69) is 16.7 Å². The van der Waals surface area contributed by atoms with E-state index in [4.69, 9.17) is 0 Å². The molecule has 3 aliphatic heterocycles. The lowest BCUT2D eigenvalue weighted by Gasteiger charge is -2.56. The van der Waals surface area contributed by atoms with Gasteiger partial charge in [-0.15, -0.1) is 0 Å². The number of amides is 1. The Morgan fingerprint density at radius 3 is 2.47 bits per heavy atom. The molecule has 2 bridgehead atoms. The minimum absolute atomic E-state index is 0.439. The zero-order valence-electron chi connectivity index (χ0n) is 9.48. The lowest BCUT2D eigenvalue weighted by Crippen LogP contribution is -2.70. The summed E-state index contributed by atoms with van der Waals surface area (Å²) in [7, 11) is 0. The second-order valence-corrected chi connectivity index (χ2v) is 5.34. The van der Waals surface area contributed by atoms with Gasteiger partial charge in [0.1, 0.15) is 0 Å². The average Bonchev–Trinajstić information content (AvgIpc) is 3.01. The van der Waals surface area contributed by atoms with E-state index in [0.717, 1.165) is 32.0 Å². The summed E-state index contributed by atoms with van der Waals surface area (Å²) in [4.78, 5) is 16.6. The maximum Gasteiger partial charge on any atom is 0.223 e. The molecule has 0 spiro atoms. The molecule has 3 nitrogen and oxygen atoms in total. The Morgan fingerprint density at radius 2 is 1.93 bits per heavy atom. The highest BCUT2D eigenvalue weighted by Gasteiger charge is 2.47. The van der Waals surface area contributed by atoms with E-state index in [1.54, 1.807) is 0 Å². The Bertz CT molecular complexity index is 263. The number of hydrogen-bond donors (Lipinski definition) is 0. The summed E-state index contributed by atoms with van der Waals surface area (Å²) in [5.41, 5.74) is 0. The summed E-state index contributed by atoms with van der Waals surface area (Å²) in [5, 5.41) is 0. The number of fused-ring (bicyclic) bond motifs is 2. The Kier molecular flexibility index (Phi) is 2.23. The first-order valence-corrected chi connectivity index (χ1v) is 6.31. The van der Waals surface area contributed by atoms with Crippen LogP contribution in [-0.4, -0.2) is 47.4 Å². The van der Waals surface area contributed by atoms with E-state index in [1.807, 2.05) is 0 Å². The predicted molar refractivity (Wildman–Crippen MR) is 58.5 cm³/mol. The third-order valence-electron chi connectivity index (χ3n) is 4.16. The van der Waals surface area contributed by atoms with Gasteiger partial charge in [-0.2, -0.15) is 0 Å². The minimum Gasteiger partial charge on any atom is -0.334 e. The number of carbonyl (C=O) groups is 1. The Hall–Kier alpha value is -0.570. The molecule has 84 valence electrons. The van der Waals surface area contributed by atoms with Crippen molar-refractivity contribution in [1.82, 2.24) is 9.80 Å². The molecule has 0 aromatic rings. The van der Waals surface area contributed by atoms with Crippen LogP contribution in [0.15, 0.2) is 0 Å². The number of nitrogens with zero attached hydrogens (tertiary/aromatic N) is 2. The van der Waals surface area contributed by atoms with Gasteiger partial charge >= 0.3 is 0 Å². The van der Waals surface area contributed by atoms with Crippen molar-refractivity contribution in [2.24, 2.45) is 5.92 Å². The number of piperazine rings is 1. The first-order chi connectivity index (χ1) is 7.28. The molecule has 4 fully saturated rings. The fraction of sp³-hybridized carbons (Fsp3) is 0.917. The van der Waals surface area contributed by atoms with Crippen LogP contribution in [0.4, 0.5) is 0 Å². The van der Waals surface area contributed by atoms with Crippen LogP contribution >= 0.6 is 0 Å². The van der Waals surface area contributed by atoms with Crippen molar-refractivity contribution in [1.29, 1.82) is 0 Å². The Labute approximate surface area is 91.4 Å². The van der Waals surface area contributed by atoms with Gasteiger partial charge in [0.2, 0.25) is 5.91 Å². The van der Waals surface area contributed by atoms with Gasteiger partial charge in [-0.3, -0.25) is 9.69 Å². The van der Waals surface area contributed by atoms with Crippen LogP contribution in [0.1, 0.15) is 32.6 Å². The zero-order valence-corrected chi connectivity index (χ0v) is 9.48. The molecule has 0 N–H and O–H groups in total. The van der Waals surface area contributed by atoms with Crippen LogP contribution in [0.5, 0.6) is 0 Å². The van der Waals surface area contributed by atoms with Crippen LogP contribution in [-0.2, 0) is 4.79 Å². The molecule has 1 aliphatic carbocycles. The SMILES string of the molecule is CCN1CC2CC(C1)N2C(=O)CC1CC1. The summed E-state index contributed by atoms with van der Waals surface area (Å²) in [6.45, 7) is 5.57. The maximum absolute atomic E-state index is 12.0. The molecule has 4 aliphatic rings. The number of piperidine rings is 1. The van der Waals surface area contributed by atoms with E-state index >= 15 is 0 Å². The van der Waals surface area contributed by atoms with Crippen LogP contribution < -0.4 is 0 Å². The maximum atomic E-state index is 12.0. The molecule has 3 heterocycles. The van der Waals surface area contributed by atoms with Gasteiger partial charge < -0.3 is 4.90 Å². The molecule has 2 atom stereocenters. The molecule has 15 heavy (non-hydrogen) atoms. The van der Waals surface area contributed by atoms with Gasteiger partial charge in [0, 0.05) is 31.6 Å². The molecule has 4 rings (SSSR count). The first-order valence-electron chi connectivity index (χ1n) is 6.31. The molecule has 0 aromatic carbocycles. The molecule has 0 radical (unpaired) electrons. The quantitative estimate of drug-likeness (QED) is 0.693. The summed E-state index contributed by atoms with van der Waals surface area (Å²) < 4.78 is 0. The smallest absolute Gasteiger partial charge is 0.223 e. The minimum atomic E-state index is 0.439. The zero-order chi connectivity index (χ0) is 10.4. The highest BCUT2D eigenvalue weighted by molar-refractivity contribution is 5.78. The average molecular weight is 208 g/mol. The van der Waals surface area contributed by atoms with Crippen LogP contribution in [0, 0.1) is 5.92 Å². The highest BCUT2D eigenvalue weighted by Crippen LogP contribution is 2.37. The highest BCUT2D eigenvalue weighted by atomic mass is 16.2.